The summed E-state index contributed by atoms with van der Waals surface area (Å²) >= 11 is 1.92. The monoisotopic (exact) mass is 646 g/mol. The predicted molar refractivity (Wildman–Crippen MR) is 204 cm³/mol. The van der Waals surface area contributed by atoms with Gasteiger partial charge >= 0.3 is 0 Å². The molecule has 11 rings (SSSR count). The van der Waals surface area contributed by atoms with E-state index in [4.69, 9.17) is 4.74 Å². The maximum absolute atomic E-state index is 7.15. The normalized spacial score (nSPS) is 17.1. The number of hydrogen-bond acceptors (Lipinski definition) is 3. The van der Waals surface area contributed by atoms with Gasteiger partial charge in [0.25, 0.3) is 0 Å². The van der Waals surface area contributed by atoms with Gasteiger partial charge in [0.2, 0.25) is 0 Å². The average Bonchev–Trinajstić information content (AvgIpc) is 3.86. The first-order chi connectivity index (χ1) is 24.3. The number of allylic oxidation sites excluding steroid dienone is 1. The van der Waals surface area contributed by atoms with Crippen molar-refractivity contribution >= 4 is 70.5 Å². The Bertz CT molecular complexity index is 2790. The van der Waals surface area contributed by atoms with Crippen LogP contribution in [0.3, 0.4) is 0 Å². The summed E-state index contributed by atoms with van der Waals surface area (Å²) in [6.07, 6.45) is 0.614. The van der Waals surface area contributed by atoms with Crippen LogP contribution in [0.2, 0.25) is 0 Å². The van der Waals surface area contributed by atoms with Gasteiger partial charge in [0.1, 0.15) is 5.76 Å². The molecule has 1 N–H and O–H groups in total. The van der Waals surface area contributed by atoms with Gasteiger partial charge in [-0.2, -0.15) is 0 Å². The Hall–Kier alpha value is -5.84. The largest absolute Gasteiger partial charge is 0.468 e. The minimum Gasteiger partial charge on any atom is -0.468 e. The lowest BCUT2D eigenvalue weighted by atomic mass is 9.84. The third kappa shape index (κ3) is 3.95. The van der Waals surface area contributed by atoms with Crippen molar-refractivity contribution in [3.8, 4) is 5.69 Å². The molecule has 7 aromatic carbocycles. The zero-order valence-corrected chi connectivity index (χ0v) is 27.4. The molecule has 0 saturated heterocycles. The highest BCUT2D eigenvalue weighted by Gasteiger charge is 2.40. The van der Waals surface area contributed by atoms with E-state index in [1.807, 2.05) is 11.3 Å². The average molecular weight is 647 g/mol. The van der Waals surface area contributed by atoms with Crippen LogP contribution >= 0.6 is 11.3 Å². The number of benzene rings is 7. The van der Waals surface area contributed by atoms with Crippen molar-refractivity contribution in [3.05, 3.63) is 179 Å². The molecule has 0 amide bonds. The number of fused-ring (bicyclic) bond motifs is 9. The molecule has 1 aliphatic heterocycles. The quantitative estimate of drug-likeness (QED) is 0.207. The summed E-state index contributed by atoms with van der Waals surface area (Å²) in [6, 6.07) is 55.1. The molecule has 2 aromatic heterocycles. The molecule has 0 saturated carbocycles. The van der Waals surface area contributed by atoms with E-state index < -0.39 is 0 Å². The van der Waals surface area contributed by atoms with Crippen molar-refractivity contribution in [2.24, 2.45) is 0 Å². The van der Waals surface area contributed by atoms with Crippen molar-refractivity contribution in [1.29, 1.82) is 0 Å². The molecule has 9 aromatic rings. The first-order valence-corrected chi connectivity index (χ1v) is 17.8. The van der Waals surface area contributed by atoms with Crippen LogP contribution in [-0.4, -0.2) is 4.57 Å². The zero-order valence-electron chi connectivity index (χ0n) is 26.6. The van der Waals surface area contributed by atoms with E-state index in [9.17, 15) is 0 Å². The highest BCUT2D eigenvalue weighted by Crippen LogP contribution is 2.51. The fourth-order valence-electron chi connectivity index (χ4n) is 8.41. The number of nitrogens with one attached hydrogen (secondary N) is 1. The van der Waals surface area contributed by atoms with Gasteiger partial charge in [-0.3, -0.25) is 0 Å². The van der Waals surface area contributed by atoms with Gasteiger partial charge in [0.05, 0.1) is 22.4 Å². The highest BCUT2D eigenvalue weighted by atomic mass is 32.1. The molecule has 49 heavy (non-hydrogen) atoms. The second-order valence-electron chi connectivity index (χ2n) is 13.2. The van der Waals surface area contributed by atoms with Crippen molar-refractivity contribution in [2.45, 2.75) is 18.6 Å². The molecule has 2 atom stereocenters. The van der Waals surface area contributed by atoms with Crippen molar-refractivity contribution in [3.63, 3.8) is 0 Å². The summed E-state index contributed by atoms with van der Waals surface area (Å²) in [6.45, 7) is 0. The minimum absolute atomic E-state index is 0.126. The van der Waals surface area contributed by atoms with Gasteiger partial charge in [0.15, 0.2) is 6.23 Å². The number of nitrogens with zero attached hydrogens (tertiary/aromatic N) is 1. The summed E-state index contributed by atoms with van der Waals surface area (Å²) in [4.78, 5) is 1.42. The highest BCUT2D eigenvalue weighted by molar-refractivity contribution is 7.19. The minimum atomic E-state index is -0.310. The van der Waals surface area contributed by atoms with Crippen LogP contribution in [0.1, 0.15) is 33.7 Å². The Balaban J connectivity index is 1.07. The molecule has 3 nitrogen and oxygen atoms in total. The maximum Gasteiger partial charge on any atom is 0.196 e. The fourth-order valence-corrected chi connectivity index (χ4v) is 9.66. The van der Waals surface area contributed by atoms with Gasteiger partial charge in [-0.05, 0) is 52.4 Å². The summed E-state index contributed by atoms with van der Waals surface area (Å²) in [7, 11) is 0. The van der Waals surface area contributed by atoms with Crippen molar-refractivity contribution < 1.29 is 4.74 Å². The van der Waals surface area contributed by atoms with Crippen LogP contribution < -0.4 is 5.32 Å². The molecule has 4 heteroatoms. The summed E-state index contributed by atoms with van der Waals surface area (Å²) in [5.74, 6) is 1.17. The molecule has 2 aliphatic rings. The Kier molecular flexibility index (Phi) is 5.72. The molecule has 1 aliphatic carbocycles. The van der Waals surface area contributed by atoms with Crippen LogP contribution in [0, 0.1) is 0 Å². The second-order valence-corrected chi connectivity index (χ2v) is 14.4. The summed E-state index contributed by atoms with van der Waals surface area (Å²) < 4.78 is 10.9. The maximum atomic E-state index is 7.15. The van der Waals surface area contributed by atoms with Gasteiger partial charge in [-0.1, -0.05) is 127 Å². The fraction of sp³-hybridized carbons (Fsp3) is 0.0667. The first kappa shape index (κ1) is 27.1. The predicted octanol–water partition coefficient (Wildman–Crippen LogP) is 11.6. The molecule has 0 radical (unpaired) electrons. The van der Waals surface area contributed by atoms with E-state index in [2.05, 4.69) is 162 Å². The van der Waals surface area contributed by atoms with E-state index >= 15 is 0 Å². The molecule has 0 spiro atoms. The van der Waals surface area contributed by atoms with E-state index in [0.29, 0.717) is 0 Å². The van der Waals surface area contributed by atoms with Crippen LogP contribution in [-0.2, 0) is 11.2 Å². The van der Waals surface area contributed by atoms with Crippen LogP contribution in [0.25, 0.3) is 64.8 Å². The van der Waals surface area contributed by atoms with E-state index in [1.54, 1.807) is 0 Å². The number of aromatic nitrogens is 1. The van der Waals surface area contributed by atoms with E-state index in [1.165, 1.54) is 75.1 Å². The van der Waals surface area contributed by atoms with E-state index in [-0.39, 0.29) is 12.1 Å². The summed E-state index contributed by atoms with van der Waals surface area (Å²) in [5, 5.41) is 12.7. The molecule has 0 bridgehead atoms. The van der Waals surface area contributed by atoms with Crippen LogP contribution in [0.4, 0.5) is 0 Å². The van der Waals surface area contributed by atoms with Gasteiger partial charge < -0.3 is 14.6 Å². The lowest BCUT2D eigenvalue weighted by molar-refractivity contribution is 0.118. The van der Waals surface area contributed by atoms with Gasteiger partial charge in [-0.25, -0.2) is 0 Å². The third-order valence-corrected chi connectivity index (χ3v) is 11.8. The Morgan fingerprint density at radius 1 is 0.592 bits per heavy atom. The standard InChI is InChI=1S/C45H30N2OS/c1-2-12-28-25-29(22-21-27(28)11-1)36-26-41-42(35-17-7-10-20-40(35)49-41)43-44(36)48-45(46-43)34-23-24-39(31-14-4-3-13-30(31)34)47-37-18-8-5-15-32(37)33-16-6-9-19-38(33)47/h1-25,36,45-46H,26H2. The van der Waals surface area contributed by atoms with E-state index in [0.717, 1.165) is 23.4 Å². The number of hydrogen-bond donors (Lipinski definition) is 1. The van der Waals surface area contributed by atoms with Crippen molar-refractivity contribution in [1.82, 2.24) is 9.88 Å². The molecule has 2 unspecified atom stereocenters. The third-order valence-electron chi connectivity index (χ3n) is 10.6. The molecule has 3 heterocycles. The topological polar surface area (TPSA) is 26.2 Å². The first-order valence-electron chi connectivity index (χ1n) is 17.0. The molecule has 0 fully saturated rings. The van der Waals surface area contributed by atoms with Gasteiger partial charge in [0, 0.05) is 48.2 Å². The zero-order chi connectivity index (χ0) is 32.1. The van der Waals surface area contributed by atoms with Crippen molar-refractivity contribution in [2.75, 3.05) is 0 Å². The number of thiophene rings is 1. The number of ether oxygens (including phenoxy) is 1. The number of para-hydroxylation sites is 2. The molecular formula is C45H30N2OS. The summed E-state index contributed by atoms with van der Waals surface area (Å²) in [5.41, 5.74) is 8.48. The second kappa shape index (κ2) is 10.3. The number of rotatable bonds is 3. The van der Waals surface area contributed by atoms with Gasteiger partial charge in [-0.15, -0.1) is 11.3 Å². The molecular weight excluding hydrogens is 617 g/mol. The SMILES string of the molecule is c1ccc2cc(C3Cc4sc5ccccc5c4C4=C3OC(c3ccc(-n5c6ccccc6c6ccccc65)c5ccccc35)N4)ccc2c1. The lowest BCUT2D eigenvalue weighted by Gasteiger charge is -2.24. The molecule has 232 valence electrons. The lowest BCUT2D eigenvalue weighted by Crippen LogP contribution is -2.17. The van der Waals surface area contributed by atoms with Crippen LogP contribution in [0.15, 0.2) is 157 Å². The van der Waals surface area contributed by atoms with Crippen LogP contribution in [0.5, 0.6) is 0 Å². The Morgan fingerprint density at radius 2 is 1.24 bits per heavy atom. The Morgan fingerprint density at radius 3 is 2.04 bits per heavy atom. The smallest absolute Gasteiger partial charge is 0.196 e. The Labute approximate surface area is 287 Å².